The lowest BCUT2D eigenvalue weighted by molar-refractivity contribution is 0.0650. The van der Waals surface area contributed by atoms with Crippen molar-refractivity contribution in [2.75, 3.05) is 11.6 Å². The van der Waals surface area contributed by atoms with E-state index in [1.54, 1.807) is 4.68 Å². The highest BCUT2D eigenvalue weighted by Crippen LogP contribution is 2.43. The Bertz CT molecular complexity index is 983. The molecule has 5 nitrogen and oxygen atoms in total. The molecule has 24 heavy (non-hydrogen) atoms. The minimum Gasteiger partial charge on any atom is -0.368 e. The SMILES string of the molecule is C[C@@H]1OC[C@H]2[C@@H](c3ccccc3)N2n2c1nc1ccccc1c2=O. The summed E-state index contributed by atoms with van der Waals surface area (Å²) in [7, 11) is 0. The first-order valence-corrected chi connectivity index (χ1v) is 8.22. The van der Waals surface area contributed by atoms with E-state index in [-0.39, 0.29) is 23.7 Å². The number of hydrogen-bond acceptors (Lipinski definition) is 4. The average Bonchev–Trinajstić information content (AvgIpc) is 3.35. The van der Waals surface area contributed by atoms with Gasteiger partial charge in [0.15, 0.2) is 5.82 Å². The van der Waals surface area contributed by atoms with Crippen LogP contribution in [0.4, 0.5) is 0 Å². The lowest BCUT2D eigenvalue weighted by Gasteiger charge is -2.18. The molecule has 0 radical (unpaired) electrons. The van der Waals surface area contributed by atoms with Crippen molar-refractivity contribution in [3.05, 3.63) is 76.3 Å². The monoisotopic (exact) mass is 319 g/mol. The number of benzene rings is 2. The number of para-hydroxylation sites is 1. The van der Waals surface area contributed by atoms with E-state index in [0.29, 0.717) is 17.8 Å². The highest BCUT2D eigenvalue weighted by Gasteiger charge is 2.52. The van der Waals surface area contributed by atoms with Gasteiger partial charge in [-0.1, -0.05) is 42.5 Å². The normalized spacial score (nSPS) is 25.0. The molecular weight excluding hydrogens is 302 g/mol. The van der Waals surface area contributed by atoms with Crippen molar-refractivity contribution in [2.45, 2.75) is 25.1 Å². The fourth-order valence-corrected chi connectivity index (χ4v) is 3.68. The molecule has 0 amide bonds. The van der Waals surface area contributed by atoms with Gasteiger partial charge in [0, 0.05) is 0 Å². The zero-order chi connectivity index (χ0) is 16.3. The number of rotatable bonds is 1. The zero-order valence-corrected chi connectivity index (χ0v) is 13.3. The Morgan fingerprint density at radius 2 is 1.83 bits per heavy atom. The lowest BCUT2D eigenvalue weighted by atomic mass is 10.1. The molecule has 5 heteroatoms. The number of fused-ring (bicyclic) bond motifs is 4. The molecule has 0 unspecified atom stereocenters. The van der Waals surface area contributed by atoms with Crippen LogP contribution in [0.25, 0.3) is 10.9 Å². The molecule has 2 aliphatic rings. The Morgan fingerprint density at radius 3 is 2.67 bits per heavy atom. The average molecular weight is 319 g/mol. The van der Waals surface area contributed by atoms with Crippen molar-refractivity contribution >= 4 is 10.9 Å². The molecule has 2 aromatic carbocycles. The van der Waals surface area contributed by atoms with Crippen molar-refractivity contribution in [2.24, 2.45) is 0 Å². The van der Waals surface area contributed by atoms with E-state index >= 15 is 0 Å². The third kappa shape index (κ3) is 1.85. The van der Waals surface area contributed by atoms with Crippen molar-refractivity contribution in [1.29, 1.82) is 0 Å². The van der Waals surface area contributed by atoms with Gasteiger partial charge in [0.1, 0.15) is 6.10 Å². The molecule has 1 aromatic heterocycles. The number of hydrogen-bond donors (Lipinski definition) is 0. The largest absolute Gasteiger partial charge is 0.368 e. The molecule has 5 rings (SSSR count). The van der Waals surface area contributed by atoms with Crippen LogP contribution in [0.2, 0.25) is 0 Å². The molecule has 0 saturated carbocycles. The van der Waals surface area contributed by atoms with Gasteiger partial charge in [-0.05, 0) is 24.6 Å². The molecule has 3 atom stereocenters. The fourth-order valence-electron chi connectivity index (χ4n) is 3.68. The first-order chi connectivity index (χ1) is 11.8. The number of aromatic nitrogens is 2. The maximum Gasteiger partial charge on any atom is 0.280 e. The third-order valence-corrected chi connectivity index (χ3v) is 4.93. The van der Waals surface area contributed by atoms with Crippen LogP contribution in [-0.2, 0) is 4.74 Å². The van der Waals surface area contributed by atoms with Gasteiger partial charge in [0.25, 0.3) is 5.56 Å². The van der Waals surface area contributed by atoms with Crippen LogP contribution in [0.5, 0.6) is 0 Å². The van der Waals surface area contributed by atoms with Crippen LogP contribution in [0, 0.1) is 0 Å². The van der Waals surface area contributed by atoms with E-state index in [4.69, 9.17) is 9.72 Å². The van der Waals surface area contributed by atoms with Gasteiger partial charge in [-0.25, -0.2) is 9.66 Å². The van der Waals surface area contributed by atoms with Crippen LogP contribution in [0.1, 0.15) is 30.5 Å². The molecule has 1 fully saturated rings. The minimum absolute atomic E-state index is 0.0172. The smallest absolute Gasteiger partial charge is 0.280 e. The Kier molecular flexibility index (Phi) is 2.82. The predicted octanol–water partition coefficient (Wildman–Crippen LogP) is 2.55. The molecule has 0 aliphatic carbocycles. The highest BCUT2D eigenvalue weighted by atomic mass is 16.5. The Morgan fingerprint density at radius 1 is 1.08 bits per heavy atom. The second kappa shape index (κ2) is 4.92. The summed E-state index contributed by atoms with van der Waals surface area (Å²) < 4.78 is 7.71. The summed E-state index contributed by atoms with van der Waals surface area (Å²) in [5.41, 5.74) is 1.91. The van der Waals surface area contributed by atoms with Crippen LogP contribution >= 0.6 is 0 Å². The maximum absolute atomic E-state index is 13.1. The van der Waals surface area contributed by atoms with E-state index < -0.39 is 0 Å². The molecule has 1 saturated heterocycles. The van der Waals surface area contributed by atoms with E-state index in [1.165, 1.54) is 5.56 Å². The van der Waals surface area contributed by atoms with Gasteiger partial charge in [-0.3, -0.25) is 9.80 Å². The molecule has 120 valence electrons. The van der Waals surface area contributed by atoms with E-state index in [2.05, 4.69) is 17.1 Å². The van der Waals surface area contributed by atoms with Gasteiger partial charge in [0.05, 0.1) is 29.6 Å². The summed E-state index contributed by atoms with van der Waals surface area (Å²) in [5, 5.41) is 2.75. The zero-order valence-electron chi connectivity index (χ0n) is 13.3. The van der Waals surface area contributed by atoms with Gasteiger partial charge in [-0.15, -0.1) is 0 Å². The summed E-state index contributed by atoms with van der Waals surface area (Å²) in [5.74, 6) is 0.680. The Hall–Kier alpha value is -2.66. The summed E-state index contributed by atoms with van der Waals surface area (Å²) in [4.78, 5) is 17.8. The van der Waals surface area contributed by atoms with Crippen LogP contribution in [0.15, 0.2) is 59.4 Å². The van der Waals surface area contributed by atoms with Gasteiger partial charge in [-0.2, -0.15) is 0 Å². The summed E-state index contributed by atoms with van der Waals surface area (Å²) in [6.45, 7) is 2.55. The first kappa shape index (κ1) is 13.7. The number of ether oxygens (including phenoxy) is 1. The van der Waals surface area contributed by atoms with Crippen molar-refractivity contribution in [3.8, 4) is 0 Å². The first-order valence-electron chi connectivity index (χ1n) is 8.22. The topological polar surface area (TPSA) is 47.1 Å². The molecule has 2 aliphatic heterocycles. The second-order valence-electron chi connectivity index (χ2n) is 6.38. The van der Waals surface area contributed by atoms with Crippen molar-refractivity contribution < 1.29 is 4.74 Å². The third-order valence-electron chi connectivity index (χ3n) is 4.93. The quantitative estimate of drug-likeness (QED) is 0.647. The van der Waals surface area contributed by atoms with Crippen LogP contribution in [-0.4, -0.2) is 22.3 Å². The molecular formula is C19H17N3O2. The maximum atomic E-state index is 13.1. The molecule has 0 spiro atoms. The lowest BCUT2D eigenvalue weighted by Crippen LogP contribution is -2.34. The van der Waals surface area contributed by atoms with Crippen molar-refractivity contribution in [3.63, 3.8) is 0 Å². The second-order valence-corrected chi connectivity index (χ2v) is 6.38. The molecule has 3 aromatic rings. The van der Waals surface area contributed by atoms with Gasteiger partial charge in [0.2, 0.25) is 0 Å². The molecule has 0 N–H and O–H groups in total. The highest BCUT2D eigenvalue weighted by molar-refractivity contribution is 5.77. The molecule has 0 bridgehead atoms. The number of nitrogens with zero attached hydrogens (tertiary/aromatic N) is 3. The summed E-state index contributed by atoms with van der Waals surface area (Å²) in [6.07, 6.45) is -0.202. The van der Waals surface area contributed by atoms with Crippen molar-refractivity contribution in [1.82, 2.24) is 9.66 Å². The standard InChI is InChI=1S/C19H17N3O2/c1-12-18-20-15-10-6-5-9-14(15)19(23)22(18)21-16(11-24-12)17(21)13-7-3-2-4-8-13/h2-10,12,16-17H,11H2,1H3/t12-,16-,17+,21?/m0/s1. The van der Waals surface area contributed by atoms with Crippen LogP contribution in [0.3, 0.4) is 0 Å². The summed E-state index contributed by atoms with van der Waals surface area (Å²) in [6, 6.07) is 18.1. The Labute approximate surface area is 139 Å². The predicted molar refractivity (Wildman–Crippen MR) is 91.6 cm³/mol. The van der Waals surface area contributed by atoms with E-state index in [9.17, 15) is 4.79 Å². The van der Waals surface area contributed by atoms with Crippen LogP contribution < -0.4 is 10.6 Å². The van der Waals surface area contributed by atoms with Gasteiger partial charge < -0.3 is 4.74 Å². The van der Waals surface area contributed by atoms with Gasteiger partial charge >= 0.3 is 0 Å². The summed E-state index contributed by atoms with van der Waals surface area (Å²) >= 11 is 0. The van der Waals surface area contributed by atoms with E-state index in [0.717, 1.165) is 5.52 Å². The molecule has 3 heterocycles. The fraction of sp³-hybridized carbons (Fsp3) is 0.263. The van der Waals surface area contributed by atoms with E-state index in [1.807, 2.05) is 49.4 Å². The minimum atomic E-state index is -0.202. The Balaban J connectivity index is 1.72.